The Kier molecular flexibility index (Phi) is 3.97. The molecule has 0 saturated heterocycles. The minimum absolute atomic E-state index is 0.133. The number of benzene rings is 1. The first kappa shape index (κ1) is 13.8. The van der Waals surface area contributed by atoms with Crippen molar-refractivity contribution in [2.75, 3.05) is 7.05 Å². The van der Waals surface area contributed by atoms with Crippen molar-refractivity contribution in [3.63, 3.8) is 0 Å². The molecule has 0 radical (unpaired) electrons. The van der Waals surface area contributed by atoms with Gasteiger partial charge in [-0.15, -0.1) is 0 Å². The Hall–Kier alpha value is -2.20. The first-order valence-electron chi connectivity index (χ1n) is 7.18. The second-order valence-corrected chi connectivity index (χ2v) is 5.46. The average molecular weight is 281 g/mol. The molecule has 1 atom stereocenters. The first-order chi connectivity index (χ1) is 10.2. The normalized spacial score (nSPS) is 17.1. The summed E-state index contributed by atoms with van der Waals surface area (Å²) >= 11 is 0. The molecule has 2 aromatic rings. The molecule has 0 bridgehead atoms. The number of likely N-dealkylation sites (N-methyl/N-ethyl adjacent to an activating group) is 1. The third-order valence-corrected chi connectivity index (χ3v) is 3.92. The maximum absolute atomic E-state index is 12.6. The molecule has 1 aromatic carbocycles. The van der Waals surface area contributed by atoms with Crippen molar-refractivity contribution in [1.29, 1.82) is 0 Å². The van der Waals surface area contributed by atoms with Gasteiger partial charge in [0.25, 0.3) is 0 Å². The maximum Gasteiger partial charge on any atom is 0.240 e. The Labute approximate surface area is 124 Å². The molecule has 0 aliphatic carbocycles. The van der Waals surface area contributed by atoms with E-state index in [0.717, 1.165) is 18.5 Å². The second-order valence-electron chi connectivity index (χ2n) is 5.46. The summed E-state index contributed by atoms with van der Waals surface area (Å²) in [5, 5.41) is 3.34. The zero-order valence-corrected chi connectivity index (χ0v) is 12.1. The number of aromatic nitrogens is 1. The van der Waals surface area contributed by atoms with Crippen LogP contribution in [0.1, 0.15) is 16.7 Å². The summed E-state index contributed by atoms with van der Waals surface area (Å²) in [6.07, 6.45) is 4.27. The lowest BCUT2D eigenvalue weighted by Crippen LogP contribution is -2.48. The minimum Gasteiger partial charge on any atom is -0.340 e. The number of carbonyl (C=O) groups is 1. The molecular weight excluding hydrogens is 262 g/mol. The van der Waals surface area contributed by atoms with Gasteiger partial charge in [-0.25, -0.2) is 0 Å². The van der Waals surface area contributed by atoms with Crippen molar-refractivity contribution in [3.8, 4) is 0 Å². The summed E-state index contributed by atoms with van der Waals surface area (Å²) in [5.74, 6) is 0.140. The minimum atomic E-state index is -0.133. The number of hydrogen-bond donors (Lipinski definition) is 1. The lowest BCUT2D eigenvalue weighted by atomic mass is 9.95. The molecule has 1 N–H and O–H groups in total. The quantitative estimate of drug-likeness (QED) is 0.932. The van der Waals surface area contributed by atoms with Crippen molar-refractivity contribution in [2.45, 2.75) is 25.6 Å². The summed E-state index contributed by atoms with van der Waals surface area (Å²) in [4.78, 5) is 18.3. The summed E-state index contributed by atoms with van der Waals surface area (Å²) < 4.78 is 0. The highest BCUT2D eigenvalue weighted by Crippen LogP contribution is 2.17. The SMILES string of the molecule is CN(Cc1ccncc1)C(=O)[C@@H]1Cc2ccccc2CN1. The van der Waals surface area contributed by atoms with E-state index in [0.29, 0.717) is 6.54 Å². The van der Waals surface area contributed by atoms with Crippen LogP contribution in [0.25, 0.3) is 0 Å². The summed E-state index contributed by atoms with van der Waals surface area (Å²) in [7, 11) is 1.85. The van der Waals surface area contributed by atoms with Crippen molar-refractivity contribution in [3.05, 3.63) is 65.5 Å². The molecule has 0 unspecified atom stereocenters. The summed E-state index contributed by atoms with van der Waals surface area (Å²) in [5.41, 5.74) is 3.65. The molecule has 108 valence electrons. The van der Waals surface area contributed by atoms with Crippen LogP contribution in [0.4, 0.5) is 0 Å². The highest BCUT2D eigenvalue weighted by Gasteiger charge is 2.26. The van der Waals surface area contributed by atoms with Crippen molar-refractivity contribution >= 4 is 5.91 Å². The van der Waals surface area contributed by atoms with Crippen LogP contribution in [-0.4, -0.2) is 28.9 Å². The van der Waals surface area contributed by atoms with E-state index >= 15 is 0 Å². The molecule has 4 nitrogen and oxygen atoms in total. The average Bonchev–Trinajstić information content (AvgIpc) is 2.54. The zero-order valence-electron chi connectivity index (χ0n) is 12.1. The summed E-state index contributed by atoms with van der Waals surface area (Å²) in [6, 6.07) is 12.0. The van der Waals surface area contributed by atoms with Crippen LogP contribution in [-0.2, 0) is 24.3 Å². The highest BCUT2D eigenvalue weighted by molar-refractivity contribution is 5.82. The Balaban J connectivity index is 1.66. The standard InChI is InChI=1S/C17H19N3O/c1-20(12-13-6-8-18-9-7-13)17(21)16-10-14-4-2-3-5-15(14)11-19-16/h2-9,16,19H,10-12H2,1H3/t16-/m0/s1. The second kappa shape index (κ2) is 6.06. The molecule has 1 aromatic heterocycles. The number of rotatable bonds is 3. The van der Waals surface area contributed by atoms with Crippen molar-refractivity contribution < 1.29 is 4.79 Å². The van der Waals surface area contributed by atoms with E-state index in [1.807, 2.05) is 31.3 Å². The van der Waals surface area contributed by atoms with Gasteiger partial charge in [-0.05, 0) is 35.2 Å². The number of fused-ring (bicyclic) bond motifs is 1. The van der Waals surface area contributed by atoms with E-state index in [1.54, 1.807) is 17.3 Å². The van der Waals surface area contributed by atoms with Crippen LogP contribution in [0, 0.1) is 0 Å². The Morgan fingerprint density at radius 3 is 2.71 bits per heavy atom. The molecule has 21 heavy (non-hydrogen) atoms. The van der Waals surface area contributed by atoms with Crippen LogP contribution >= 0.6 is 0 Å². The zero-order chi connectivity index (χ0) is 14.7. The van der Waals surface area contributed by atoms with Crippen molar-refractivity contribution in [1.82, 2.24) is 15.2 Å². The van der Waals surface area contributed by atoms with Crippen LogP contribution in [0.3, 0.4) is 0 Å². The van der Waals surface area contributed by atoms with Gasteiger partial charge in [-0.1, -0.05) is 24.3 Å². The topological polar surface area (TPSA) is 45.2 Å². The maximum atomic E-state index is 12.6. The third-order valence-electron chi connectivity index (χ3n) is 3.92. The molecule has 2 heterocycles. The van der Waals surface area contributed by atoms with Gasteiger partial charge in [0.1, 0.15) is 0 Å². The van der Waals surface area contributed by atoms with E-state index < -0.39 is 0 Å². The number of nitrogens with zero attached hydrogens (tertiary/aromatic N) is 2. The molecule has 0 saturated carbocycles. The van der Waals surface area contributed by atoms with Gasteiger partial charge in [0.15, 0.2) is 0 Å². The Bertz CT molecular complexity index is 627. The van der Waals surface area contributed by atoms with Gasteiger partial charge in [0, 0.05) is 32.5 Å². The lowest BCUT2D eigenvalue weighted by Gasteiger charge is -2.29. The fraction of sp³-hybridized carbons (Fsp3) is 0.294. The number of amides is 1. The van der Waals surface area contributed by atoms with E-state index in [2.05, 4.69) is 22.4 Å². The number of pyridine rings is 1. The van der Waals surface area contributed by atoms with Crippen LogP contribution < -0.4 is 5.32 Å². The lowest BCUT2D eigenvalue weighted by molar-refractivity contribution is -0.132. The molecule has 1 aliphatic heterocycles. The monoisotopic (exact) mass is 281 g/mol. The fourth-order valence-corrected chi connectivity index (χ4v) is 2.73. The van der Waals surface area contributed by atoms with Gasteiger partial charge >= 0.3 is 0 Å². The van der Waals surface area contributed by atoms with E-state index in [9.17, 15) is 4.79 Å². The predicted molar refractivity (Wildman–Crippen MR) is 81.5 cm³/mol. The number of hydrogen-bond acceptors (Lipinski definition) is 3. The molecule has 0 fully saturated rings. The largest absolute Gasteiger partial charge is 0.340 e. The van der Waals surface area contributed by atoms with Gasteiger partial charge in [-0.3, -0.25) is 9.78 Å². The molecule has 3 rings (SSSR count). The molecule has 4 heteroatoms. The van der Waals surface area contributed by atoms with E-state index in [4.69, 9.17) is 0 Å². The van der Waals surface area contributed by atoms with Crippen LogP contribution in [0.2, 0.25) is 0 Å². The molecule has 1 amide bonds. The van der Waals surface area contributed by atoms with Gasteiger partial charge in [-0.2, -0.15) is 0 Å². The summed E-state index contributed by atoms with van der Waals surface area (Å²) in [6.45, 7) is 1.37. The smallest absolute Gasteiger partial charge is 0.240 e. The molecule has 1 aliphatic rings. The number of carbonyl (C=O) groups excluding carboxylic acids is 1. The van der Waals surface area contributed by atoms with Crippen molar-refractivity contribution in [2.24, 2.45) is 0 Å². The third kappa shape index (κ3) is 3.11. The molecular formula is C17H19N3O. The Morgan fingerprint density at radius 2 is 1.95 bits per heavy atom. The molecule has 0 spiro atoms. The van der Waals surface area contributed by atoms with Gasteiger partial charge in [0.2, 0.25) is 5.91 Å². The first-order valence-corrected chi connectivity index (χ1v) is 7.18. The highest BCUT2D eigenvalue weighted by atomic mass is 16.2. The van der Waals surface area contributed by atoms with Gasteiger partial charge < -0.3 is 10.2 Å². The van der Waals surface area contributed by atoms with Gasteiger partial charge in [0.05, 0.1) is 6.04 Å². The van der Waals surface area contributed by atoms with E-state index in [1.165, 1.54) is 11.1 Å². The van der Waals surface area contributed by atoms with E-state index in [-0.39, 0.29) is 11.9 Å². The van der Waals surface area contributed by atoms with Crippen LogP contribution in [0.15, 0.2) is 48.8 Å². The predicted octanol–water partition coefficient (Wildman–Crippen LogP) is 1.75. The number of nitrogens with one attached hydrogen (secondary N) is 1. The van der Waals surface area contributed by atoms with Crippen LogP contribution in [0.5, 0.6) is 0 Å². The Morgan fingerprint density at radius 1 is 1.24 bits per heavy atom. The fourth-order valence-electron chi connectivity index (χ4n) is 2.73.